The molecule has 0 radical (unpaired) electrons. The molecule has 0 unspecified atom stereocenters. The molecule has 1 heterocycles. The van der Waals surface area contributed by atoms with Crippen molar-refractivity contribution in [2.75, 3.05) is 31.2 Å². The van der Waals surface area contributed by atoms with Gasteiger partial charge in [0.25, 0.3) is 0 Å². The smallest absolute Gasteiger partial charge is 0.305 e. The van der Waals surface area contributed by atoms with Crippen molar-refractivity contribution < 1.29 is 19.4 Å². The molecule has 3 rings (SSSR count). The molecular formula is C20H23NO4. The number of rotatable bonds is 5. The van der Waals surface area contributed by atoms with Crippen LogP contribution in [-0.4, -0.2) is 37.4 Å². The van der Waals surface area contributed by atoms with Crippen LogP contribution in [0.1, 0.15) is 18.9 Å². The van der Waals surface area contributed by atoms with Crippen molar-refractivity contribution in [3.8, 4) is 16.9 Å². The van der Waals surface area contributed by atoms with E-state index in [1.807, 2.05) is 24.3 Å². The number of carbonyl (C=O) groups is 1. The van der Waals surface area contributed by atoms with Crippen LogP contribution in [0.4, 0.5) is 5.69 Å². The monoisotopic (exact) mass is 341 g/mol. The number of phenolic OH excluding ortho intramolecular Hbond substituents is 1. The van der Waals surface area contributed by atoms with E-state index in [9.17, 15) is 9.90 Å². The second-order valence-electron chi connectivity index (χ2n) is 5.97. The minimum absolute atomic E-state index is 0.0816. The van der Waals surface area contributed by atoms with Crippen LogP contribution in [0.2, 0.25) is 0 Å². The fourth-order valence-corrected chi connectivity index (χ4v) is 2.87. The summed E-state index contributed by atoms with van der Waals surface area (Å²) in [5, 5.41) is 10.5. The third kappa shape index (κ3) is 4.12. The highest BCUT2D eigenvalue weighted by Crippen LogP contribution is 2.33. The van der Waals surface area contributed by atoms with Crippen molar-refractivity contribution in [3.63, 3.8) is 0 Å². The van der Waals surface area contributed by atoms with E-state index in [4.69, 9.17) is 9.47 Å². The fourth-order valence-electron chi connectivity index (χ4n) is 2.87. The zero-order valence-corrected chi connectivity index (χ0v) is 14.4. The molecule has 5 heteroatoms. The summed E-state index contributed by atoms with van der Waals surface area (Å²) in [5.74, 6) is -0.120. The highest BCUT2D eigenvalue weighted by atomic mass is 16.5. The second-order valence-corrected chi connectivity index (χ2v) is 5.97. The Balaban J connectivity index is 1.78. The minimum atomic E-state index is -0.278. The molecule has 0 bridgehead atoms. The summed E-state index contributed by atoms with van der Waals surface area (Å²) in [4.78, 5) is 13.6. The van der Waals surface area contributed by atoms with E-state index in [0.717, 1.165) is 43.1 Å². The number of carbonyl (C=O) groups excluding carboxylic acids is 1. The van der Waals surface area contributed by atoms with Crippen LogP contribution in [0.25, 0.3) is 11.1 Å². The molecular weight excluding hydrogens is 318 g/mol. The molecule has 0 saturated carbocycles. The Morgan fingerprint density at radius 3 is 2.56 bits per heavy atom. The van der Waals surface area contributed by atoms with Gasteiger partial charge < -0.3 is 19.5 Å². The lowest BCUT2D eigenvalue weighted by molar-refractivity contribution is -0.144. The maximum absolute atomic E-state index is 11.3. The zero-order valence-electron chi connectivity index (χ0n) is 14.4. The summed E-state index contributed by atoms with van der Waals surface area (Å²) >= 11 is 0. The lowest BCUT2D eigenvalue weighted by atomic mass is 10.0. The summed E-state index contributed by atoms with van der Waals surface area (Å²) in [6.45, 7) is 5.11. The van der Waals surface area contributed by atoms with E-state index in [2.05, 4.69) is 17.0 Å². The van der Waals surface area contributed by atoms with Crippen molar-refractivity contribution in [1.29, 1.82) is 0 Å². The summed E-state index contributed by atoms with van der Waals surface area (Å²) in [5.41, 5.74) is 3.42. The van der Waals surface area contributed by atoms with Crippen LogP contribution in [0.3, 0.4) is 0 Å². The quantitative estimate of drug-likeness (QED) is 0.845. The first-order valence-electron chi connectivity index (χ1n) is 8.58. The van der Waals surface area contributed by atoms with Gasteiger partial charge in [-0.2, -0.15) is 0 Å². The molecule has 0 aliphatic carbocycles. The van der Waals surface area contributed by atoms with Gasteiger partial charge in [-0.15, -0.1) is 0 Å². The van der Waals surface area contributed by atoms with E-state index < -0.39 is 0 Å². The van der Waals surface area contributed by atoms with Crippen LogP contribution >= 0.6 is 0 Å². The van der Waals surface area contributed by atoms with Crippen molar-refractivity contribution in [2.24, 2.45) is 0 Å². The van der Waals surface area contributed by atoms with Crippen molar-refractivity contribution in [3.05, 3.63) is 48.0 Å². The maximum atomic E-state index is 11.3. The predicted octanol–water partition coefficient (Wildman–Crippen LogP) is 3.35. The summed E-state index contributed by atoms with van der Waals surface area (Å²) < 4.78 is 10.5. The van der Waals surface area contributed by atoms with Gasteiger partial charge in [-0.05, 0) is 17.7 Å². The molecule has 1 N–H and O–H groups in total. The predicted molar refractivity (Wildman–Crippen MR) is 96.7 cm³/mol. The second kappa shape index (κ2) is 8.03. The Morgan fingerprint density at radius 2 is 1.88 bits per heavy atom. The number of hydrogen-bond donors (Lipinski definition) is 1. The van der Waals surface area contributed by atoms with Crippen LogP contribution in [0, 0.1) is 0 Å². The number of benzene rings is 2. The van der Waals surface area contributed by atoms with Crippen molar-refractivity contribution in [2.45, 2.75) is 20.0 Å². The van der Waals surface area contributed by atoms with Gasteiger partial charge >= 0.3 is 5.97 Å². The van der Waals surface area contributed by atoms with Crippen LogP contribution < -0.4 is 4.90 Å². The van der Waals surface area contributed by atoms with E-state index in [1.165, 1.54) is 0 Å². The van der Waals surface area contributed by atoms with Crippen molar-refractivity contribution >= 4 is 11.7 Å². The number of esters is 1. The molecule has 0 spiro atoms. The SMILES string of the molecule is CCC(=O)OCc1cccc(-c2ccc(N3CCOCC3)cc2)c1O. The Labute approximate surface area is 147 Å². The summed E-state index contributed by atoms with van der Waals surface area (Å²) in [6.07, 6.45) is 0.323. The van der Waals surface area contributed by atoms with Gasteiger partial charge in [0.2, 0.25) is 0 Å². The zero-order chi connectivity index (χ0) is 17.6. The van der Waals surface area contributed by atoms with Gasteiger partial charge in [-0.3, -0.25) is 4.79 Å². The molecule has 1 saturated heterocycles. The number of nitrogens with zero attached hydrogens (tertiary/aromatic N) is 1. The average Bonchev–Trinajstić information content (AvgIpc) is 2.68. The van der Waals surface area contributed by atoms with Crippen LogP contribution in [0.5, 0.6) is 5.75 Å². The van der Waals surface area contributed by atoms with Gasteiger partial charge in [-0.25, -0.2) is 0 Å². The number of para-hydroxylation sites is 1. The fraction of sp³-hybridized carbons (Fsp3) is 0.350. The number of anilines is 1. The Hall–Kier alpha value is -2.53. The third-order valence-electron chi connectivity index (χ3n) is 4.35. The Kier molecular flexibility index (Phi) is 5.56. The number of phenols is 1. The number of morpholine rings is 1. The molecule has 2 aromatic rings. The molecule has 2 aromatic carbocycles. The standard InChI is InChI=1S/C20H23NO4/c1-2-19(22)25-14-16-4-3-5-18(20(16)23)15-6-8-17(9-7-15)21-10-12-24-13-11-21/h3-9,23H,2,10-14H2,1H3. The molecule has 1 fully saturated rings. The lowest BCUT2D eigenvalue weighted by Gasteiger charge is -2.29. The van der Waals surface area contributed by atoms with Crippen molar-refractivity contribution in [1.82, 2.24) is 0 Å². The minimum Gasteiger partial charge on any atom is -0.507 e. The number of aromatic hydroxyl groups is 1. The molecule has 132 valence electrons. The first-order chi connectivity index (χ1) is 12.2. The highest BCUT2D eigenvalue weighted by molar-refractivity contribution is 5.74. The highest BCUT2D eigenvalue weighted by Gasteiger charge is 2.13. The van der Waals surface area contributed by atoms with Crippen LogP contribution in [0.15, 0.2) is 42.5 Å². The van der Waals surface area contributed by atoms with Gasteiger partial charge in [-0.1, -0.05) is 37.3 Å². The molecule has 25 heavy (non-hydrogen) atoms. The summed E-state index contributed by atoms with van der Waals surface area (Å²) in [7, 11) is 0. The molecule has 0 atom stereocenters. The third-order valence-corrected chi connectivity index (χ3v) is 4.35. The van der Waals surface area contributed by atoms with Gasteiger partial charge in [0.1, 0.15) is 12.4 Å². The van der Waals surface area contributed by atoms with Gasteiger partial charge in [0.15, 0.2) is 0 Å². The average molecular weight is 341 g/mol. The molecule has 5 nitrogen and oxygen atoms in total. The lowest BCUT2D eigenvalue weighted by Crippen LogP contribution is -2.36. The van der Waals surface area contributed by atoms with Gasteiger partial charge in [0.05, 0.1) is 13.2 Å². The first-order valence-corrected chi connectivity index (χ1v) is 8.58. The van der Waals surface area contributed by atoms with E-state index >= 15 is 0 Å². The molecule has 0 aromatic heterocycles. The van der Waals surface area contributed by atoms with Gasteiger partial charge in [0, 0.05) is 36.3 Å². The van der Waals surface area contributed by atoms with E-state index in [-0.39, 0.29) is 18.3 Å². The van der Waals surface area contributed by atoms with E-state index in [0.29, 0.717) is 12.0 Å². The molecule has 1 aliphatic rings. The largest absolute Gasteiger partial charge is 0.507 e. The Morgan fingerprint density at radius 1 is 1.16 bits per heavy atom. The Bertz CT molecular complexity index is 721. The van der Waals surface area contributed by atoms with Crippen LogP contribution in [-0.2, 0) is 20.9 Å². The summed E-state index contributed by atoms with van der Waals surface area (Å²) in [6, 6.07) is 13.6. The first kappa shape index (κ1) is 17.3. The van der Waals surface area contributed by atoms with E-state index in [1.54, 1.807) is 13.0 Å². The molecule has 0 amide bonds. The normalized spacial score (nSPS) is 14.4. The number of hydrogen-bond acceptors (Lipinski definition) is 5. The topological polar surface area (TPSA) is 59.0 Å². The molecule has 1 aliphatic heterocycles. The number of ether oxygens (including phenoxy) is 2. The maximum Gasteiger partial charge on any atom is 0.305 e.